The van der Waals surface area contributed by atoms with Crippen molar-refractivity contribution in [1.29, 1.82) is 0 Å². The summed E-state index contributed by atoms with van der Waals surface area (Å²) in [6, 6.07) is 0. The fraction of sp³-hybridized carbons (Fsp3) is 0.222. The number of nitrogens with zero attached hydrogens (tertiary/aromatic N) is 1. The number of allylic oxidation sites excluding steroid dienone is 3. The van der Waals surface area contributed by atoms with Crippen LogP contribution in [0.5, 0.6) is 23.0 Å². The molecule has 1 N–H and O–H groups in total. The number of fused-ring (bicyclic) bond motifs is 3. The highest BCUT2D eigenvalue weighted by Gasteiger charge is 2.34. The second-order valence-electron chi connectivity index (χ2n) is 6.08. The molecular formula is C18H14N2O4S3. The lowest BCUT2D eigenvalue weighted by molar-refractivity contribution is 0.173. The molecule has 6 nitrogen and oxygen atoms in total. The zero-order chi connectivity index (χ0) is 17.8. The highest BCUT2D eigenvalue weighted by molar-refractivity contribution is 7.95. The quantitative estimate of drug-likeness (QED) is 0.737. The van der Waals surface area contributed by atoms with Gasteiger partial charge in [0.05, 0.1) is 33.3 Å². The molecule has 0 saturated heterocycles. The van der Waals surface area contributed by atoms with Crippen LogP contribution >= 0.6 is 34.8 Å². The first-order valence-corrected chi connectivity index (χ1v) is 11.0. The molecule has 4 aliphatic rings. The Morgan fingerprint density at radius 2 is 1.44 bits per heavy atom. The van der Waals surface area contributed by atoms with Gasteiger partial charge in [0.1, 0.15) is 26.4 Å². The molecule has 2 aromatic rings. The number of ether oxygens (including phenoxy) is 4. The summed E-state index contributed by atoms with van der Waals surface area (Å²) in [5.74, 6) is 3.35. The Labute approximate surface area is 167 Å². The molecule has 0 saturated carbocycles. The van der Waals surface area contributed by atoms with Gasteiger partial charge in [-0.3, -0.25) is 4.31 Å². The summed E-state index contributed by atoms with van der Waals surface area (Å²) in [7, 11) is 0. The summed E-state index contributed by atoms with van der Waals surface area (Å²) in [6.45, 7) is 2.37. The monoisotopic (exact) mass is 418 g/mol. The number of nitrogens with one attached hydrogen (secondary N) is 1. The zero-order valence-electron chi connectivity index (χ0n) is 14.0. The first-order valence-electron chi connectivity index (χ1n) is 8.50. The second-order valence-corrected chi connectivity index (χ2v) is 8.62. The van der Waals surface area contributed by atoms with E-state index in [0.29, 0.717) is 26.4 Å². The average Bonchev–Trinajstić information content (AvgIpc) is 3.45. The Morgan fingerprint density at radius 1 is 0.778 bits per heavy atom. The molecule has 0 fully saturated rings. The first kappa shape index (κ1) is 15.8. The van der Waals surface area contributed by atoms with Crippen LogP contribution in [0.4, 0.5) is 0 Å². The van der Waals surface area contributed by atoms with E-state index in [0.717, 1.165) is 49.7 Å². The van der Waals surface area contributed by atoms with Gasteiger partial charge in [-0.1, -0.05) is 0 Å². The SMILES string of the molecule is C1=C(c2scc3c2OCCO3)C2=CNSN2C(c2scc3c2OCCO3)=C1. The van der Waals surface area contributed by atoms with Crippen LogP contribution in [0, 0.1) is 0 Å². The van der Waals surface area contributed by atoms with Gasteiger partial charge < -0.3 is 23.7 Å². The molecule has 0 atom stereocenters. The van der Waals surface area contributed by atoms with Gasteiger partial charge in [-0.05, 0) is 12.2 Å². The Morgan fingerprint density at radius 3 is 2.22 bits per heavy atom. The van der Waals surface area contributed by atoms with E-state index in [2.05, 4.69) is 21.2 Å². The van der Waals surface area contributed by atoms with E-state index >= 15 is 0 Å². The third-order valence-corrected chi connectivity index (χ3v) is 7.27. The fourth-order valence-electron chi connectivity index (χ4n) is 3.37. The van der Waals surface area contributed by atoms with E-state index in [1.165, 1.54) is 0 Å². The first-order chi connectivity index (χ1) is 13.4. The van der Waals surface area contributed by atoms with Crippen molar-refractivity contribution in [3.63, 3.8) is 0 Å². The van der Waals surface area contributed by atoms with Crippen LogP contribution in [0.15, 0.2) is 34.8 Å². The molecule has 4 aliphatic heterocycles. The second kappa shape index (κ2) is 6.15. The Hall–Kier alpha value is -2.23. The number of hydrogen-bond donors (Lipinski definition) is 1. The van der Waals surface area contributed by atoms with Crippen LogP contribution in [-0.4, -0.2) is 30.7 Å². The third kappa shape index (κ3) is 2.38. The summed E-state index contributed by atoms with van der Waals surface area (Å²) in [4.78, 5) is 2.17. The van der Waals surface area contributed by atoms with Crippen LogP contribution in [0.3, 0.4) is 0 Å². The van der Waals surface area contributed by atoms with Crippen LogP contribution in [0.1, 0.15) is 9.75 Å². The normalized spacial score (nSPS) is 19.7. The predicted octanol–water partition coefficient (Wildman–Crippen LogP) is 4.10. The molecular weight excluding hydrogens is 404 g/mol. The Kier molecular flexibility index (Phi) is 3.60. The van der Waals surface area contributed by atoms with Gasteiger partial charge in [0, 0.05) is 22.5 Å². The van der Waals surface area contributed by atoms with Crippen LogP contribution in [0.25, 0.3) is 11.3 Å². The lowest BCUT2D eigenvalue weighted by Gasteiger charge is -2.27. The molecule has 6 rings (SSSR count). The topological polar surface area (TPSA) is 52.2 Å². The van der Waals surface area contributed by atoms with Crippen molar-refractivity contribution >= 4 is 46.1 Å². The minimum atomic E-state index is 0.581. The van der Waals surface area contributed by atoms with Gasteiger partial charge in [0.15, 0.2) is 23.0 Å². The van der Waals surface area contributed by atoms with Crippen molar-refractivity contribution in [3.05, 3.63) is 44.6 Å². The lowest BCUT2D eigenvalue weighted by Crippen LogP contribution is -2.18. The van der Waals surface area contributed by atoms with E-state index in [9.17, 15) is 0 Å². The van der Waals surface area contributed by atoms with E-state index < -0.39 is 0 Å². The maximum absolute atomic E-state index is 5.89. The number of thiophene rings is 2. The van der Waals surface area contributed by atoms with Gasteiger partial charge in [0.2, 0.25) is 0 Å². The Bertz CT molecular complexity index is 1020. The molecule has 0 unspecified atom stereocenters. The number of hydrogen-bond acceptors (Lipinski definition) is 9. The molecule has 9 heteroatoms. The maximum Gasteiger partial charge on any atom is 0.181 e. The van der Waals surface area contributed by atoms with Crippen molar-refractivity contribution in [1.82, 2.24) is 9.03 Å². The zero-order valence-corrected chi connectivity index (χ0v) is 16.5. The third-order valence-electron chi connectivity index (χ3n) is 4.54. The van der Waals surface area contributed by atoms with E-state index in [4.69, 9.17) is 18.9 Å². The van der Waals surface area contributed by atoms with Crippen molar-refractivity contribution in [3.8, 4) is 23.0 Å². The minimum Gasteiger partial charge on any atom is -0.485 e. The fourth-order valence-corrected chi connectivity index (χ4v) is 6.11. The summed E-state index contributed by atoms with van der Waals surface area (Å²) in [5, 5.41) is 4.04. The summed E-state index contributed by atoms with van der Waals surface area (Å²) >= 11 is 4.84. The van der Waals surface area contributed by atoms with E-state index in [-0.39, 0.29) is 0 Å². The van der Waals surface area contributed by atoms with Crippen LogP contribution < -0.4 is 23.7 Å². The summed E-state index contributed by atoms with van der Waals surface area (Å²) < 4.78 is 28.6. The molecule has 27 heavy (non-hydrogen) atoms. The standard InChI is InChI=1S/C18H14N2O4S3/c1-2-11(18-16-14(9-26-18)22-4-6-24-16)20-12(7-19-27-20)10(1)17-15-13(8-25-17)21-3-5-23-15/h1-2,7-9,19H,3-6H2. The molecule has 138 valence electrons. The van der Waals surface area contributed by atoms with Crippen molar-refractivity contribution in [2.75, 3.05) is 26.4 Å². The van der Waals surface area contributed by atoms with Crippen molar-refractivity contribution in [2.45, 2.75) is 0 Å². The molecule has 0 bridgehead atoms. The van der Waals surface area contributed by atoms with Gasteiger partial charge >= 0.3 is 0 Å². The van der Waals surface area contributed by atoms with Gasteiger partial charge in [-0.2, -0.15) is 0 Å². The highest BCUT2D eigenvalue weighted by Crippen LogP contribution is 2.52. The molecule has 0 amide bonds. The minimum absolute atomic E-state index is 0.581. The molecule has 0 aromatic carbocycles. The van der Waals surface area contributed by atoms with Crippen molar-refractivity contribution in [2.24, 2.45) is 0 Å². The van der Waals surface area contributed by atoms with E-state index in [1.54, 1.807) is 34.8 Å². The van der Waals surface area contributed by atoms with Gasteiger partial charge in [-0.15, -0.1) is 22.7 Å². The maximum atomic E-state index is 5.89. The smallest absolute Gasteiger partial charge is 0.181 e. The van der Waals surface area contributed by atoms with Crippen LogP contribution in [0.2, 0.25) is 0 Å². The lowest BCUT2D eigenvalue weighted by atomic mass is 10.1. The number of rotatable bonds is 2. The predicted molar refractivity (Wildman–Crippen MR) is 107 cm³/mol. The molecule has 0 radical (unpaired) electrons. The van der Waals surface area contributed by atoms with Crippen LogP contribution in [-0.2, 0) is 0 Å². The summed E-state index contributed by atoms with van der Waals surface area (Å²) in [5.41, 5.74) is 3.30. The molecule has 6 heterocycles. The average molecular weight is 419 g/mol. The Balaban J connectivity index is 1.45. The molecule has 2 aromatic heterocycles. The van der Waals surface area contributed by atoms with Gasteiger partial charge in [0.25, 0.3) is 0 Å². The molecule has 0 aliphatic carbocycles. The van der Waals surface area contributed by atoms with Crippen molar-refractivity contribution < 1.29 is 18.9 Å². The highest BCUT2D eigenvalue weighted by atomic mass is 32.2. The summed E-state index contributed by atoms with van der Waals surface area (Å²) in [6.07, 6.45) is 6.30. The molecule has 0 spiro atoms. The van der Waals surface area contributed by atoms with Gasteiger partial charge in [-0.25, -0.2) is 0 Å². The largest absolute Gasteiger partial charge is 0.485 e. The van der Waals surface area contributed by atoms with E-state index in [1.807, 2.05) is 17.0 Å².